The molecule has 1 heterocycles. The molecule has 5 heteroatoms. The number of likely N-dealkylation sites (tertiary alicyclic amines) is 1. The van der Waals surface area contributed by atoms with E-state index >= 15 is 0 Å². The number of hydrogen-bond acceptors (Lipinski definition) is 3. The Morgan fingerprint density at radius 1 is 1.47 bits per heavy atom. The van der Waals surface area contributed by atoms with Crippen LogP contribution in [0.5, 0.6) is 0 Å². The van der Waals surface area contributed by atoms with Gasteiger partial charge in [0.1, 0.15) is 0 Å². The molecular weight excluding hydrogens is 216 g/mol. The third kappa shape index (κ3) is 5.37. The third-order valence-electron chi connectivity index (χ3n) is 3.34. The smallest absolute Gasteiger partial charge is 0.314 e. The third-order valence-corrected chi connectivity index (χ3v) is 3.34. The van der Waals surface area contributed by atoms with Gasteiger partial charge in [-0.25, -0.2) is 4.79 Å². The van der Waals surface area contributed by atoms with Crippen molar-refractivity contribution in [2.45, 2.75) is 38.3 Å². The highest BCUT2D eigenvalue weighted by Crippen LogP contribution is 2.11. The summed E-state index contributed by atoms with van der Waals surface area (Å²) in [6.07, 6.45) is 3.17. The highest BCUT2D eigenvalue weighted by atomic mass is 16.2. The molecule has 2 amide bonds. The van der Waals surface area contributed by atoms with E-state index in [1.54, 1.807) is 4.90 Å². The average Bonchev–Trinajstić information content (AvgIpc) is 2.27. The van der Waals surface area contributed by atoms with Crippen LogP contribution in [-0.4, -0.2) is 61.6 Å². The van der Waals surface area contributed by atoms with E-state index in [-0.39, 0.29) is 6.03 Å². The molecule has 0 aromatic rings. The number of carbonyl (C=O) groups excluding carboxylic acids is 1. The summed E-state index contributed by atoms with van der Waals surface area (Å²) in [6, 6.07) is 0.773. The molecule has 1 rings (SSSR count). The zero-order chi connectivity index (χ0) is 12.8. The Kier molecular flexibility index (Phi) is 5.71. The van der Waals surface area contributed by atoms with Gasteiger partial charge in [-0.05, 0) is 46.8 Å². The molecule has 0 bridgehead atoms. The van der Waals surface area contributed by atoms with Crippen LogP contribution in [0.25, 0.3) is 0 Å². The Labute approximate surface area is 104 Å². The fourth-order valence-corrected chi connectivity index (χ4v) is 2.20. The average molecular weight is 242 g/mol. The van der Waals surface area contributed by atoms with Crippen LogP contribution < -0.4 is 11.1 Å². The number of carbonyl (C=O) groups is 1. The highest BCUT2D eigenvalue weighted by molar-refractivity contribution is 5.72. The first-order valence-corrected chi connectivity index (χ1v) is 6.44. The van der Waals surface area contributed by atoms with E-state index in [2.05, 4.69) is 31.2 Å². The molecule has 1 atom stereocenters. The first-order valence-electron chi connectivity index (χ1n) is 6.44. The number of nitrogens with zero attached hydrogens (tertiary/aromatic N) is 2. The summed E-state index contributed by atoms with van der Waals surface area (Å²) in [4.78, 5) is 14.9. The molecule has 100 valence electrons. The normalized spacial score (nSPS) is 19.6. The molecule has 3 N–H and O–H groups in total. The van der Waals surface area contributed by atoms with E-state index < -0.39 is 0 Å². The van der Waals surface area contributed by atoms with Crippen LogP contribution >= 0.6 is 0 Å². The molecule has 0 spiro atoms. The van der Waals surface area contributed by atoms with E-state index in [0.29, 0.717) is 12.1 Å². The monoisotopic (exact) mass is 242 g/mol. The Bertz CT molecular complexity index is 237. The lowest BCUT2D eigenvalue weighted by Gasteiger charge is -2.33. The van der Waals surface area contributed by atoms with Crippen molar-refractivity contribution in [2.75, 3.05) is 33.7 Å². The number of nitrogens with one attached hydrogen (secondary N) is 1. The van der Waals surface area contributed by atoms with Crippen LogP contribution in [0.15, 0.2) is 0 Å². The number of rotatable bonds is 5. The minimum atomic E-state index is -0.288. The van der Waals surface area contributed by atoms with Crippen molar-refractivity contribution >= 4 is 6.03 Å². The molecule has 1 fully saturated rings. The topological polar surface area (TPSA) is 61.6 Å². The van der Waals surface area contributed by atoms with Gasteiger partial charge in [0.15, 0.2) is 0 Å². The zero-order valence-corrected chi connectivity index (χ0v) is 11.3. The van der Waals surface area contributed by atoms with E-state index in [0.717, 1.165) is 38.9 Å². The Morgan fingerprint density at radius 2 is 2.06 bits per heavy atom. The van der Waals surface area contributed by atoms with Crippen molar-refractivity contribution in [1.82, 2.24) is 15.1 Å². The fourth-order valence-electron chi connectivity index (χ4n) is 2.20. The lowest BCUT2D eigenvalue weighted by molar-refractivity contribution is 0.182. The molecule has 0 aliphatic carbocycles. The Balaban J connectivity index is 2.19. The second kappa shape index (κ2) is 6.81. The molecular formula is C12H26N4O. The van der Waals surface area contributed by atoms with Crippen molar-refractivity contribution in [3.8, 4) is 0 Å². The maximum Gasteiger partial charge on any atom is 0.314 e. The predicted octanol–water partition coefficient (Wildman–Crippen LogP) is 0.459. The quantitative estimate of drug-likeness (QED) is 0.736. The maximum absolute atomic E-state index is 11.0. The lowest BCUT2D eigenvalue weighted by atomic mass is 10.0. The Morgan fingerprint density at radius 3 is 2.53 bits per heavy atom. The Hall–Kier alpha value is -0.810. The van der Waals surface area contributed by atoms with Gasteiger partial charge >= 0.3 is 6.03 Å². The van der Waals surface area contributed by atoms with Crippen molar-refractivity contribution in [2.24, 2.45) is 5.73 Å². The minimum Gasteiger partial charge on any atom is -0.351 e. The molecule has 0 aromatic heterocycles. The number of nitrogens with two attached hydrogens (primary N) is 1. The van der Waals surface area contributed by atoms with Crippen LogP contribution in [0.1, 0.15) is 26.2 Å². The van der Waals surface area contributed by atoms with E-state index in [1.165, 1.54) is 0 Å². The highest BCUT2D eigenvalue weighted by Gasteiger charge is 2.21. The van der Waals surface area contributed by atoms with Crippen LogP contribution in [0.3, 0.4) is 0 Å². The number of hydrogen-bond donors (Lipinski definition) is 2. The summed E-state index contributed by atoms with van der Waals surface area (Å²) < 4.78 is 0. The van der Waals surface area contributed by atoms with Gasteiger partial charge in [0.25, 0.3) is 0 Å². The molecule has 5 nitrogen and oxygen atoms in total. The summed E-state index contributed by atoms with van der Waals surface area (Å²) in [5.41, 5.74) is 5.26. The molecule has 1 unspecified atom stereocenters. The molecule has 0 aromatic carbocycles. The van der Waals surface area contributed by atoms with E-state index in [9.17, 15) is 4.79 Å². The van der Waals surface area contributed by atoms with Gasteiger partial charge in [-0.2, -0.15) is 0 Å². The molecule has 1 aliphatic rings. The predicted molar refractivity (Wildman–Crippen MR) is 69.9 cm³/mol. The summed E-state index contributed by atoms with van der Waals surface area (Å²) in [5.74, 6) is 0. The largest absolute Gasteiger partial charge is 0.351 e. The van der Waals surface area contributed by atoms with E-state index in [4.69, 9.17) is 5.73 Å². The molecule has 0 radical (unpaired) electrons. The van der Waals surface area contributed by atoms with E-state index in [1.807, 2.05) is 0 Å². The number of urea groups is 1. The van der Waals surface area contributed by atoms with Crippen LogP contribution in [0, 0.1) is 0 Å². The number of piperidine rings is 1. The van der Waals surface area contributed by atoms with Crippen LogP contribution in [0.4, 0.5) is 4.79 Å². The minimum absolute atomic E-state index is 0.288. The molecule has 17 heavy (non-hydrogen) atoms. The van der Waals surface area contributed by atoms with Gasteiger partial charge in [0, 0.05) is 25.2 Å². The molecule has 1 saturated heterocycles. The first-order chi connectivity index (χ1) is 7.99. The standard InChI is InChI=1S/C12H26N4O/c1-10(4-7-15(2)3)14-11-5-8-16(9-6-11)12(13)17/h10-11,14H,4-9H2,1-3H3,(H2,13,17). The first kappa shape index (κ1) is 14.3. The summed E-state index contributed by atoms with van der Waals surface area (Å²) >= 11 is 0. The summed E-state index contributed by atoms with van der Waals surface area (Å²) in [7, 11) is 4.19. The van der Waals surface area contributed by atoms with Crippen LogP contribution in [0.2, 0.25) is 0 Å². The van der Waals surface area contributed by atoms with Gasteiger partial charge in [-0.3, -0.25) is 0 Å². The van der Waals surface area contributed by atoms with Crippen molar-refractivity contribution in [3.63, 3.8) is 0 Å². The van der Waals surface area contributed by atoms with Gasteiger partial charge in [-0.1, -0.05) is 0 Å². The number of primary amides is 1. The van der Waals surface area contributed by atoms with Crippen molar-refractivity contribution < 1.29 is 4.79 Å². The van der Waals surface area contributed by atoms with Gasteiger partial charge < -0.3 is 20.9 Å². The lowest BCUT2D eigenvalue weighted by Crippen LogP contribution is -2.48. The second-order valence-corrected chi connectivity index (χ2v) is 5.26. The molecule has 1 aliphatic heterocycles. The molecule has 0 saturated carbocycles. The van der Waals surface area contributed by atoms with Gasteiger partial charge in [-0.15, -0.1) is 0 Å². The fraction of sp³-hybridized carbons (Fsp3) is 0.917. The number of amides is 2. The van der Waals surface area contributed by atoms with Crippen molar-refractivity contribution in [3.05, 3.63) is 0 Å². The van der Waals surface area contributed by atoms with Crippen LogP contribution in [-0.2, 0) is 0 Å². The second-order valence-electron chi connectivity index (χ2n) is 5.26. The summed E-state index contributed by atoms with van der Waals surface area (Å²) in [6.45, 7) is 4.90. The van der Waals surface area contributed by atoms with Crippen molar-refractivity contribution in [1.29, 1.82) is 0 Å². The zero-order valence-electron chi connectivity index (χ0n) is 11.3. The maximum atomic E-state index is 11.0. The van der Waals surface area contributed by atoms with Gasteiger partial charge in [0.05, 0.1) is 0 Å². The summed E-state index contributed by atoms with van der Waals surface area (Å²) in [5, 5.41) is 3.63. The van der Waals surface area contributed by atoms with Gasteiger partial charge in [0.2, 0.25) is 0 Å². The SMILES string of the molecule is CC(CCN(C)C)NC1CCN(C(N)=O)CC1.